The average molecular weight is 324 g/mol. The van der Waals surface area contributed by atoms with E-state index in [4.69, 9.17) is 0 Å². The fourth-order valence-electron chi connectivity index (χ4n) is 3.03. The van der Waals surface area contributed by atoms with Gasteiger partial charge < -0.3 is 10.6 Å². The third kappa shape index (κ3) is 4.17. The number of pyridine rings is 2. The second-order valence-corrected chi connectivity index (χ2v) is 6.48. The molecule has 2 aromatic rings. The van der Waals surface area contributed by atoms with Crippen LogP contribution in [0.4, 0.5) is 5.82 Å². The van der Waals surface area contributed by atoms with Crippen LogP contribution in [0.2, 0.25) is 0 Å². The van der Waals surface area contributed by atoms with Crippen molar-refractivity contribution < 1.29 is 4.79 Å². The molecule has 5 nitrogen and oxygen atoms in total. The third-order valence-corrected chi connectivity index (χ3v) is 4.49. The highest BCUT2D eigenvalue weighted by Gasteiger charge is 2.20. The Morgan fingerprint density at radius 2 is 1.75 bits per heavy atom. The van der Waals surface area contributed by atoms with E-state index >= 15 is 0 Å². The van der Waals surface area contributed by atoms with Gasteiger partial charge in [-0.25, -0.2) is 4.98 Å². The maximum atomic E-state index is 12.3. The number of anilines is 1. The largest absolute Gasteiger partial charge is 0.309 e. The lowest BCUT2D eigenvalue weighted by Crippen LogP contribution is -2.42. The molecule has 2 N–H and O–H groups in total. The van der Waals surface area contributed by atoms with Crippen molar-refractivity contribution >= 4 is 11.7 Å². The first kappa shape index (κ1) is 16.6. The van der Waals surface area contributed by atoms with Gasteiger partial charge >= 0.3 is 0 Å². The predicted octanol–water partition coefficient (Wildman–Crippen LogP) is 3.31. The van der Waals surface area contributed by atoms with Crippen molar-refractivity contribution in [2.24, 2.45) is 0 Å². The SMILES string of the molecule is Cc1ccc(-c2ccc(NC(=O)C(C)NC3CCCC3)nc2)cn1. The van der Waals surface area contributed by atoms with E-state index in [9.17, 15) is 4.79 Å². The van der Waals surface area contributed by atoms with E-state index in [0.29, 0.717) is 11.9 Å². The number of hydrogen-bond donors (Lipinski definition) is 2. The Morgan fingerprint density at radius 3 is 2.33 bits per heavy atom. The van der Waals surface area contributed by atoms with Gasteiger partial charge in [-0.3, -0.25) is 9.78 Å². The molecule has 5 heteroatoms. The number of aryl methyl sites for hydroxylation is 1. The molecule has 2 aromatic heterocycles. The summed E-state index contributed by atoms with van der Waals surface area (Å²) in [5, 5.41) is 6.27. The van der Waals surface area contributed by atoms with Crippen LogP contribution < -0.4 is 10.6 Å². The molecule has 1 fully saturated rings. The van der Waals surface area contributed by atoms with Gasteiger partial charge in [0.25, 0.3) is 0 Å². The second kappa shape index (κ2) is 7.53. The number of aromatic nitrogens is 2. The zero-order valence-corrected chi connectivity index (χ0v) is 14.2. The van der Waals surface area contributed by atoms with Gasteiger partial charge in [0.2, 0.25) is 5.91 Å². The van der Waals surface area contributed by atoms with E-state index < -0.39 is 0 Å². The molecule has 2 heterocycles. The molecule has 0 bridgehead atoms. The molecule has 0 saturated heterocycles. The van der Waals surface area contributed by atoms with Gasteiger partial charge in [0.1, 0.15) is 5.82 Å². The summed E-state index contributed by atoms with van der Waals surface area (Å²) in [6.07, 6.45) is 8.42. The number of carbonyl (C=O) groups excluding carboxylic acids is 1. The van der Waals surface area contributed by atoms with Crippen LogP contribution in [-0.4, -0.2) is 28.0 Å². The summed E-state index contributed by atoms with van der Waals surface area (Å²) < 4.78 is 0. The van der Waals surface area contributed by atoms with Gasteiger partial charge in [0.05, 0.1) is 6.04 Å². The number of amides is 1. The van der Waals surface area contributed by atoms with Gasteiger partial charge in [-0.1, -0.05) is 18.9 Å². The number of hydrogen-bond acceptors (Lipinski definition) is 4. The molecule has 0 aliphatic heterocycles. The van der Waals surface area contributed by atoms with Crippen molar-refractivity contribution in [3.8, 4) is 11.1 Å². The highest BCUT2D eigenvalue weighted by molar-refractivity contribution is 5.93. The highest BCUT2D eigenvalue weighted by atomic mass is 16.2. The molecule has 1 aliphatic rings. The van der Waals surface area contributed by atoms with Crippen LogP contribution in [0.1, 0.15) is 38.3 Å². The van der Waals surface area contributed by atoms with Crippen molar-refractivity contribution in [1.29, 1.82) is 0 Å². The lowest BCUT2D eigenvalue weighted by molar-refractivity contribution is -0.118. The fraction of sp³-hybridized carbons (Fsp3) is 0.421. The van der Waals surface area contributed by atoms with Gasteiger partial charge in [0, 0.05) is 35.3 Å². The number of carbonyl (C=O) groups is 1. The Hall–Kier alpha value is -2.27. The molecule has 24 heavy (non-hydrogen) atoms. The van der Waals surface area contributed by atoms with Crippen LogP contribution in [-0.2, 0) is 4.79 Å². The summed E-state index contributed by atoms with van der Waals surface area (Å²) in [6, 6.07) is 8.03. The molecule has 126 valence electrons. The van der Waals surface area contributed by atoms with Gasteiger partial charge in [-0.15, -0.1) is 0 Å². The summed E-state index contributed by atoms with van der Waals surface area (Å²) in [7, 11) is 0. The fourth-order valence-corrected chi connectivity index (χ4v) is 3.03. The first-order chi connectivity index (χ1) is 11.6. The molecule has 0 aromatic carbocycles. The molecular formula is C19H24N4O. The summed E-state index contributed by atoms with van der Waals surface area (Å²) in [5.74, 6) is 0.531. The van der Waals surface area contributed by atoms with E-state index in [2.05, 4.69) is 20.6 Å². The molecule has 1 amide bonds. The number of nitrogens with zero attached hydrogens (tertiary/aromatic N) is 2. The van der Waals surface area contributed by atoms with E-state index in [1.807, 2.05) is 44.3 Å². The quantitative estimate of drug-likeness (QED) is 0.885. The molecule has 3 rings (SSSR count). The lowest BCUT2D eigenvalue weighted by Gasteiger charge is -2.18. The number of rotatable bonds is 5. The molecule has 1 atom stereocenters. The molecule has 1 saturated carbocycles. The van der Waals surface area contributed by atoms with Crippen molar-refractivity contribution in [1.82, 2.24) is 15.3 Å². The molecule has 0 radical (unpaired) electrons. The molecule has 0 spiro atoms. The van der Waals surface area contributed by atoms with E-state index in [1.54, 1.807) is 6.20 Å². The van der Waals surface area contributed by atoms with Crippen LogP contribution in [0.5, 0.6) is 0 Å². The summed E-state index contributed by atoms with van der Waals surface area (Å²) in [6.45, 7) is 3.86. The Labute approximate surface area is 142 Å². The zero-order valence-electron chi connectivity index (χ0n) is 14.2. The smallest absolute Gasteiger partial charge is 0.242 e. The first-order valence-electron chi connectivity index (χ1n) is 8.58. The van der Waals surface area contributed by atoms with Gasteiger partial charge in [-0.2, -0.15) is 0 Å². The van der Waals surface area contributed by atoms with Crippen molar-refractivity contribution in [2.75, 3.05) is 5.32 Å². The first-order valence-corrected chi connectivity index (χ1v) is 8.58. The standard InChI is InChI=1S/C19H24N4O/c1-13-7-8-15(11-20-13)16-9-10-18(21-12-16)23-19(24)14(2)22-17-5-3-4-6-17/h7-12,14,17,22H,3-6H2,1-2H3,(H,21,23,24). The maximum absolute atomic E-state index is 12.3. The summed E-state index contributed by atoms with van der Waals surface area (Å²) in [5.41, 5.74) is 2.99. The minimum absolute atomic E-state index is 0.0425. The average Bonchev–Trinajstić information content (AvgIpc) is 3.09. The number of nitrogens with one attached hydrogen (secondary N) is 2. The Bertz CT molecular complexity index is 676. The Morgan fingerprint density at radius 1 is 1.08 bits per heavy atom. The summed E-state index contributed by atoms with van der Waals surface area (Å²) in [4.78, 5) is 20.9. The lowest BCUT2D eigenvalue weighted by atomic mass is 10.1. The Balaban J connectivity index is 1.59. The monoisotopic (exact) mass is 324 g/mol. The van der Waals surface area contributed by atoms with Crippen LogP contribution in [0.15, 0.2) is 36.7 Å². The highest BCUT2D eigenvalue weighted by Crippen LogP contribution is 2.20. The van der Waals surface area contributed by atoms with Crippen LogP contribution in [0, 0.1) is 6.92 Å². The molecule has 1 unspecified atom stereocenters. The molecule has 1 aliphatic carbocycles. The maximum Gasteiger partial charge on any atom is 0.242 e. The van der Waals surface area contributed by atoms with Gasteiger partial charge in [0.15, 0.2) is 0 Å². The van der Waals surface area contributed by atoms with Gasteiger partial charge in [-0.05, 0) is 44.9 Å². The summed E-state index contributed by atoms with van der Waals surface area (Å²) >= 11 is 0. The third-order valence-electron chi connectivity index (χ3n) is 4.49. The minimum Gasteiger partial charge on any atom is -0.309 e. The van der Waals surface area contributed by atoms with E-state index in [1.165, 1.54) is 12.8 Å². The zero-order chi connectivity index (χ0) is 16.9. The minimum atomic E-state index is -0.212. The van der Waals surface area contributed by atoms with Crippen LogP contribution in [0.25, 0.3) is 11.1 Å². The van der Waals surface area contributed by atoms with Crippen molar-refractivity contribution in [2.45, 2.75) is 51.6 Å². The Kier molecular flexibility index (Phi) is 5.20. The molecular weight excluding hydrogens is 300 g/mol. The predicted molar refractivity (Wildman–Crippen MR) is 95.7 cm³/mol. The van der Waals surface area contributed by atoms with Crippen molar-refractivity contribution in [3.63, 3.8) is 0 Å². The van der Waals surface area contributed by atoms with Crippen LogP contribution in [0.3, 0.4) is 0 Å². The normalized spacial score (nSPS) is 16.1. The topological polar surface area (TPSA) is 66.9 Å². The van der Waals surface area contributed by atoms with Crippen LogP contribution >= 0.6 is 0 Å². The van der Waals surface area contributed by atoms with E-state index in [0.717, 1.165) is 29.7 Å². The van der Waals surface area contributed by atoms with E-state index in [-0.39, 0.29) is 11.9 Å². The van der Waals surface area contributed by atoms with Crippen molar-refractivity contribution in [3.05, 3.63) is 42.4 Å². The second-order valence-electron chi connectivity index (χ2n) is 6.48.